The zero-order valence-electron chi connectivity index (χ0n) is 17.1. The molecule has 28 heavy (non-hydrogen) atoms. The van der Waals surface area contributed by atoms with Crippen molar-refractivity contribution < 1.29 is 4.90 Å². The van der Waals surface area contributed by atoms with Crippen molar-refractivity contribution in [3.8, 4) is 0 Å². The molecule has 2 aromatic heterocycles. The molecule has 148 valence electrons. The van der Waals surface area contributed by atoms with Crippen molar-refractivity contribution in [2.75, 3.05) is 13.1 Å². The predicted molar refractivity (Wildman–Crippen MR) is 109 cm³/mol. The number of nitrogens with zero attached hydrogens (tertiary/aromatic N) is 4. The number of tetrazole rings is 1. The van der Waals surface area contributed by atoms with Gasteiger partial charge in [0.05, 0.1) is 24.2 Å². The Morgan fingerprint density at radius 2 is 1.89 bits per heavy atom. The van der Waals surface area contributed by atoms with E-state index in [0.29, 0.717) is 0 Å². The Kier molecular flexibility index (Phi) is 4.79. The molecule has 1 saturated heterocycles. The van der Waals surface area contributed by atoms with Crippen LogP contribution in [0.25, 0.3) is 10.9 Å². The van der Waals surface area contributed by atoms with Crippen molar-refractivity contribution in [2.45, 2.75) is 58.5 Å². The summed E-state index contributed by atoms with van der Waals surface area (Å²) in [4.78, 5) is 17.6. The molecular formula is C21H29N6O+. The highest BCUT2D eigenvalue weighted by Gasteiger charge is 2.36. The number of rotatable bonds is 3. The first kappa shape index (κ1) is 18.8. The molecule has 3 heterocycles. The van der Waals surface area contributed by atoms with Gasteiger partial charge in [-0.3, -0.25) is 4.79 Å². The van der Waals surface area contributed by atoms with Crippen molar-refractivity contribution in [3.63, 3.8) is 0 Å². The number of aromatic amines is 1. The predicted octanol–water partition coefficient (Wildman–Crippen LogP) is 1.74. The maximum absolute atomic E-state index is 13.1. The zero-order chi connectivity index (χ0) is 19.9. The Balaban J connectivity index is 1.92. The van der Waals surface area contributed by atoms with Crippen molar-refractivity contribution in [2.24, 2.45) is 0 Å². The molecule has 0 amide bonds. The number of H-pyrrole nitrogens is 1. The lowest BCUT2D eigenvalue weighted by Crippen LogP contribution is -3.13. The second kappa shape index (κ2) is 7.13. The van der Waals surface area contributed by atoms with E-state index in [9.17, 15) is 4.79 Å². The Morgan fingerprint density at radius 1 is 1.14 bits per heavy atom. The van der Waals surface area contributed by atoms with Crippen LogP contribution in [0.4, 0.5) is 0 Å². The number of fused-ring (bicyclic) bond motifs is 1. The highest BCUT2D eigenvalue weighted by Crippen LogP contribution is 2.23. The monoisotopic (exact) mass is 381 g/mol. The van der Waals surface area contributed by atoms with Crippen LogP contribution in [0.5, 0.6) is 0 Å². The van der Waals surface area contributed by atoms with Crippen molar-refractivity contribution in [1.82, 2.24) is 25.2 Å². The summed E-state index contributed by atoms with van der Waals surface area (Å²) < 4.78 is 1.87. The number of hydrogen-bond donors (Lipinski definition) is 2. The van der Waals surface area contributed by atoms with Gasteiger partial charge in [0.25, 0.3) is 5.56 Å². The number of hydrogen-bond acceptors (Lipinski definition) is 4. The van der Waals surface area contributed by atoms with Gasteiger partial charge in [-0.1, -0.05) is 11.6 Å². The number of aryl methyl sites for hydroxylation is 1. The molecule has 3 aromatic rings. The molecular weight excluding hydrogens is 352 g/mol. The fraction of sp³-hybridized carbons (Fsp3) is 0.524. The molecule has 0 unspecified atom stereocenters. The number of likely N-dealkylation sites (tertiary alicyclic amines) is 1. The Morgan fingerprint density at radius 3 is 2.61 bits per heavy atom. The summed E-state index contributed by atoms with van der Waals surface area (Å²) in [6.07, 6.45) is 3.56. The van der Waals surface area contributed by atoms with E-state index in [4.69, 9.17) is 0 Å². The summed E-state index contributed by atoms with van der Waals surface area (Å²) in [6, 6.07) is 7.96. The molecule has 0 radical (unpaired) electrons. The van der Waals surface area contributed by atoms with Gasteiger partial charge in [-0.25, -0.2) is 4.68 Å². The average molecular weight is 382 g/mol. The molecule has 0 saturated carbocycles. The van der Waals surface area contributed by atoms with Crippen LogP contribution in [0.15, 0.2) is 29.1 Å². The summed E-state index contributed by atoms with van der Waals surface area (Å²) >= 11 is 0. The number of pyridine rings is 1. The van der Waals surface area contributed by atoms with Gasteiger partial charge in [-0.05, 0) is 81.0 Å². The minimum Gasteiger partial charge on any atom is -0.322 e. The molecule has 1 atom stereocenters. The first-order valence-corrected chi connectivity index (χ1v) is 10.1. The highest BCUT2D eigenvalue weighted by atomic mass is 16.1. The molecule has 0 spiro atoms. The van der Waals surface area contributed by atoms with Crippen molar-refractivity contribution in [1.29, 1.82) is 0 Å². The average Bonchev–Trinajstić information content (AvgIpc) is 3.13. The van der Waals surface area contributed by atoms with E-state index in [1.54, 1.807) is 0 Å². The Hall–Kier alpha value is -2.54. The summed E-state index contributed by atoms with van der Waals surface area (Å²) in [5.41, 5.74) is 2.47. The maximum Gasteiger partial charge on any atom is 0.258 e. The van der Waals surface area contributed by atoms with Gasteiger partial charge >= 0.3 is 0 Å². The molecule has 1 aliphatic heterocycles. The summed E-state index contributed by atoms with van der Waals surface area (Å²) in [7, 11) is 0. The van der Waals surface area contributed by atoms with E-state index in [-0.39, 0.29) is 17.1 Å². The third kappa shape index (κ3) is 3.46. The number of quaternary nitrogens is 1. The van der Waals surface area contributed by atoms with Crippen LogP contribution in [0.1, 0.15) is 63.0 Å². The van der Waals surface area contributed by atoms with Crippen LogP contribution >= 0.6 is 0 Å². The molecule has 0 bridgehead atoms. The van der Waals surface area contributed by atoms with Gasteiger partial charge < -0.3 is 9.88 Å². The molecule has 4 rings (SSSR count). The van der Waals surface area contributed by atoms with Gasteiger partial charge in [0.15, 0.2) is 6.04 Å². The van der Waals surface area contributed by atoms with Crippen LogP contribution in [0, 0.1) is 6.92 Å². The van der Waals surface area contributed by atoms with Crippen LogP contribution in [0.3, 0.4) is 0 Å². The fourth-order valence-electron chi connectivity index (χ4n) is 4.25. The second-order valence-electron chi connectivity index (χ2n) is 8.92. The van der Waals surface area contributed by atoms with E-state index in [1.165, 1.54) is 16.9 Å². The van der Waals surface area contributed by atoms with Crippen molar-refractivity contribution >= 4 is 10.9 Å². The SMILES string of the molecule is Cc1ccc2[nH]c(=O)c([C@H](c3nnnn3C(C)(C)C)[NH+]3CCCCC3)cc2c1. The van der Waals surface area contributed by atoms with Crippen molar-refractivity contribution in [3.05, 3.63) is 51.6 Å². The van der Waals surface area contributed by atoms with Crippen LogP contribution in [-0.4, -0.2) is 38.3 Å². The van der Waals surface area contributed by atoms with E-state index in [2.05, 4.69) is 54.3 Å². The molecule has 1 aromatic carbocycles. The van der Waals surface area contributed by atoms with E-state index >= 15 is 0 Å². The largest absolute Gasteiger partial charge is 0.322 e. The quantitative estimate of drug-likeness (QED) is 0.724. The van der Waals surface area contributed by atoms with E-state index < -0.39 is 0 Å². The van der Waals surface area contributed by atoms with Gasteiger partial charge in [-0.2, -0.15) is 0 Å². The van der Waals surface area contributed by atoms with Gasteiger partial charge in [0.2, 0.25) is 5.82 Å². The van der Waals surface area contributed by atoms with Gasteiger partial charge in [0.1, 0.15) is 0 Å². The van der Waals surface area contributed by atoms with Crippen LogP contribution in [0.2, 0.25) is 0 Å². The van der Waals surface area contributed by atoms with E-state index in [1.807, 2.05) is 22.9 Å². The summed E-state index contributed by atoms with van der Waals surface area (Å²) in [5.74, 6) is 0.766. The number of aromatic nitrogens is 5. The minimum atomic E-state index is -0.257. The zero-order valence-corrected chi connectivity index (χ0v) is 17.1. The molecule has 0 aliphatic carbocycles. The lowest BCUT2D eigenvalue weighted by Gasteiger charge is -2.32. The molecule has 1 aliphatic rings. The molecule has 7 heteroatoms. The molecule has 2 N–H and O–H groups in total. The second-order valence-corrected chi connectivity index (χ2v) is 8.92. The topological polar surface area (TPSA) is 80.9 Å². The number of piperidine rings is 1. The third-order valence-electron chi connectivity index (χ3n) is 5.63. The first-order valence-electron chi connectivity index (χ1n) is 10.1. The smallest absolute Gasteiger partial charge is 0.258 e. The minimum absolute atomic E-state index is 0.0529. The molecule has 7 nitrogen and oxygen atoms in total. The Bertz CT molecular complexity index is 1040. The maximum atomic E-state index is 13.1. The summed E-state index contributed by atoms with van der Waals surface area (Å²) in [6.45, 7) is 10.4. The van der Waals surface area contributed by atoms with Gasteiger partial charge in [-0.15, -0.1) is 5.10 Å². The first-order chi connectivity index (χ1) is 13.3. The standard InChI is InChI=1S/C21H28N6O/c1-14-8-9-17-15(12-14)13-16(20(28)22-17)18(26-10-6-5-7-11-26)19-23-24-25-27(19)21(2,3)4/h8-9,12-13,18H,5-7,10-11H2,1-4H3,(H,22,28)/p+1/t18-/m1/s1. The van der Waals surface area contributed by atoms with Gasteiger partial charge in [0, 0.05) is 5.52 Å². The highest BCUT2D eigenvalue weighted by molar-refractivity contribution is 5.79. The normalized spacial score (nSPS) is 17.1. The molecule has 1 fully saturated rings. The lowest BCUT2D eigenvalue weighted by atomic mass is 9.99. The third-order valence-corrected chi connectivity index (χ3v) is 5.63. The van der Waals surface area contributed by atoms with Crippen LogP contribution in [-0.2, 0) is 5.54 Å². The fourth-order valence-corrected chi connectivity index (χ4v) is 4.25. The summed E-state index contributed by atoms with van der Waals surface area (Å²) in [5, 5.41) is 13.7. The number of benzene rings is 1. The van der Waals surface area contributed by atoms with E-state index in [0.717, 1.165) is 48.2 Å². The number of nitrogens with one attached hydrogen (secondary N) is 2. The Labute approximate surface area is 164 Å². The van der Waals surface area contributed by atoms with Crippen LogP contribution < -0.4 is 10.5 Å². The lowest BCUT2D eigenvalue weighted by molar-refractivity contribution is -0.931.